The Morgan fingerprint density at radius 1 is 1.32 bits per heavy atom. The van der Waals surface area contributed by atoms with Crippen LogP contribution in [0.1, 0.15) is 64.6 Å². The van der Waals surface area contributed by atoms with Crippen molar-refractivity contribution >= 4 is 5.91 Å². The quantitative estimate of drug-likeness (QED) is 0.758. The van der Waals surface area contributed by atoms with Crippen LogP contribution < -0.4 is 0 Å². The molecule has 1 amide bonds. The predicted octanol–water partition coefficient (Wildman–Crippen LogP) is 2.68. The molecule has 0 bridgehead atoms. The Morgan fingerprint density at radius 3 is 2.76 bits per heavy atom. The molecule has 0 spiro atoms. The Kier molecular flexibility index (Phi) is 6.10. The Labute approximate surface area is 150 Å². The van der Waals surface area contributed by atoms with Gasteiger partial charge in [0.15, 0.2) is 5.82 Å². The number of rotatable bonds is 7. The van der Waals surface area contributed by atoms with Gasteiger partial charge in [-0.05, 0) is 38.1 Å². The van der Waals surface area contributed by atoms with E-state index in [-0.39, 0.29) is 5.91 Å². The van der Waals surface area contributed by atoms with E-state index in [1.807, 2.05) is 4.90 Å². The van der Waals surface area contributed by atoms with E-state index < -0.39 is 0 Å². The summed E-state index contributed by atoms with van der Waals surface area (Å²) < 4.78 is 5.31. The van der Waals surface area contributed by atoms with Gasteiger partial charge in [0, 0.05) is 44.9 Å². The van der Waals surface area contributed by atoms with Crippen LogP contribution in [-0.4, -0.2) is 57.6 Å². The van der Waals surface area contributed by atoms with E-state index in [1.54, 1.807) is 6.92 Å². The van der Waals surface area contributed by atoms with Crippen molar-refractivity contribution in [1.29, 1.82) is 0 Å². The summed E-state index contributed by atoms with van der Waals surface area (Å²) in [5.74, 6) is 2.08. The largest absolute Gasteiger partial charge is 0.339 e. The molecule has 1 aliphatic heterocycles. The van der Waals surface area contributed by atoms with E-state index in [0.29, 0.717) is 36.6 Å². The number of likely N-dealkylation sites (tertiary alicyclic amines) is 1. The highest BCUT2D eigenvalue weighted by Gasteiger charge is 2.32. The average molecular weight is 348 g/mol. The Hall–Kier alpha value is -1.43. The molecule has 2 heterocycles. The first-order chi connectivity index (χ1) is 12.0. The third-order valence-electron chi connectivity index (χ3n) is 5.53. The molecule has 1 saturated carbocycles. The summed E-state index contributed by atoms with van der Waals surface area (Å²) in [6.45, 7) is 8.85. The number of piperidine rings is 1. The van der Waals surface area contributed by atoms with Gasteiger partial charge in [-0.3, -0.25) is 9.69 Å². The normalized spacial score (nSPS) is 22.2. The monoisotopic (exact) mass is 348 g/mol. The number of aromatic nitrogens is 2. The minimum absolute atomic E-state index is 0.159. The van der Waals surface area contributed by atoms with Crippen LogP contribution in [-0.2, 0) is 17.6 Å². The highest BCUT2D eigenvalue weighted by atomic mass is 16.5. The van der Waals surface area contributed by atoms with E-state index >= 15 is 0 Å². The van der Waals surface area contributed by atoms with Gasteiger partial charge < -0.3 is 9.42 Å². The summed E-state index contributed by atoms with van der Waals surface area (Å²) in [5, 5.41) is 4.08. The number of carbonyl (C=O) groups is 1. The van der Waals surface area contributed by atoms with Gasteiger partial charge >= 0.3 is 0 Å². The molecule has 1 atom stereocenters. The number of hydrogen-bond donors (Lipinski definition) is 0. The number of hydrogen-bond acceptors (Lipinski definition) is 5. The molecule has 1 aromatic heterocycles. The molecular weight excluding hydrogens is 316 g/mol. The fraction of sp³-hybridized carbons (Fsp3) is 0.842. The first-order valence-electron chi connectivity index (χ1n) is 9.85. The second kappa shape index (κ2) is 8.30. The predicted molar refractivity (Wildman–Crippen MR) is 96.2 cm³/mol. The van der Waals surface area contributed by atoms with E-state index in [2.05, 4.69) is 28.9 Å². The molecule has 1 aromatic rings. The standard InChI is InChI=1S/C19H32N4O2/c1-14(2)12-19-20-18(21-25-19)9-11-23(15(3)24)17-8-5-10-22(13-17)16-6-4-7-16/h14,16-17H,4-13H2,1-3H3. The van der Waals surface area contributed by atoms with Crippen molar-refractivity contribution in [2.75, 3.05) is 19.6 Å². The van der Waals surface area contributed by atoms with Crippen LogP contribution in [0, 0.1) is 5.92 Å². The van der Waals surface area contributed by atoms with Crippen molar-refractivity contribution in [3.8, 4) is 0 Å². The van der Waals surface area contributed by atoms with Crippen LogP contribution in [0.25, 0.3) is 0 Å². The number of nitrogens with zero attached hydrogens (tertiary/aromatic N) is 4. The van der Waals surface area contributed by atoms with Crippen LogP contribution >= 0.6 is 0 Å². The summed E-state index contributed by atoms with van der Waals surface area (Å²) in [6, 6.07) is 1.08. The molecule has 3 rings (SSSR count). The number of carbonyl (C=O) groups excluding carboxylic acids is 1. The van der Waals surface area contributed by atoms with Gasteiger partial charge in [-0.2, -0.15) is 4.98 Å². The minimum Gasteiger partial charge on any atom is -0.339 e. The van der Waals surface area contributed by atoms with E-state index in [4.69, 9.17) is 4.52 Å². The zero-order chi connectivity index (χ0) is 17.8. The van der Waals surface area contributed by atoms with E-state index in [9.17, 15) is 4.79 Å². The zero-order valence-electron chi connectivity index (χ0n) is 15.9. The van der Waals surface area contributed by atoms with Crippen molar-refractivity contribution in [1.82, 2.24) is 19.9 Å². The van der Waals surface area contributed by atoms with Crippen LogP contribution in [0.5, 0.6) is 0 Å². The van der Waals surface area contributed by atoms with Crippen LogP contribution in [0.3, 0.4) is 0 Å². The van der Waals surface area contributed by atoms with Gasteiger partial charge in [0.1, 0.15) is 0 Å². The van der Waals surface area contributed by atoms with Gasteiger partial charge in [0.25, 0.3) is 0 Å². The molecule has 0 N–H and O–H groups in total. The second-order valence-electron chi connectivity index (χ2n) is 8.04. The maximum atomic E-state index is 12.2. The maximum Gasteiger partial charge on any atom is 0.226 e. The summed E-state index contributed by atoms with van der Waals surface area (Å²) in [6.07, 6.45) is 7.78. The Morgan fingerprint density at radius 2 is 2.12 bits per heavy atom. The smallest absolute Gasteiger partial charge is 0.226 e. The zero-order valence-corrected chi connectivity index (χ0v) is 15.9. The third-order valence-corrected chi connectivity index (χ3v) is 5.53. The lowest BCUT2D eigenvalue weighted by molar-refractivity contribution is -0.132. The fourth-order valence-electron chi connectivity index (χ4n) is 3.96. The highest BCUT2D eigenvalue weighted by Crippen LogP contribution is 2.28. The fourth-order valence-corrected chi connectivity index (χ4v) is 3.96. The molecule has 6 nitrogen and oxygen atoms in total. The molecule has 2 aliphatic rings. The summed E-state index contributed by atoms with van der Waals surface area (Å²) in [4.78, 5) is 21.3. The van der Waals surface area contributed by atoms with Gasteiger partial charge in [0.2, 0.25) is 11.8 Å². The van der Waals surface area contributed by atoms with Gasteiger partial charge in [-0.1, -0.05) is 25.4 Å². The van der Waals surface area contributed by atoms with Crippen molar-refractivity contribution < 1.29 is 9.32 Å². The molecule has 1 saturated heterocycles. The second-order valence-corrected chi connectivity index (χ2v) is 8.04. The molecule has 1 unspecified atom stereocenters. The molecule has 25 heavy (non-hydrogen) atoms. The third kappa shape index (κ3) is 4.81. The summed E-state index contributed by atoms with van der Waals surface area (Å²) in [7, 11) is 0. The molecule has 140 valence electrons. The van der Waals surface area contributed by atoms with Crippen LogP contribution in [0.2, 0.25) is 0 Å². The summed E-state index contributed by atoms with van der Waals surface area (Å²) >= 11 is 0. The lowest BCUT2D eigenvalue weighted by atomic mass is 9.89. The van der Waals surface area contributed by atoms with E-state index in [1.165, 1.54) is 32.2 Å². The molecular formula is C19H32N4O2. The summed E-state index contributed by atoms with van der Waals surface area (Å²) in [5.41, 5.74) is 0. The average Bonchev–Trinajstić information content (AvgIpc) is 2.92. The van der Waals surface area contributed by atoms with E-state index in [0.717, 1.165) is 25.4 Å². The minimum atomic E-state index is 0.159. The van der Waals surface area contributed by atoms with Crippen molar-refractivity contribution in [3.05, 3.63) is 11.7 Å². The van der Waals surface area contributed by atoms with Crippen LogP contribution in [0.4, 0.5) is 0 Å². The topological polar surface area (TPSA) is 62.5 Å². The Balaban J connectivity index is 1.55. The van der Waals surface area contributed by atoms with Gasteiger partial charge in [-0.25, -0.2) is 0 Å². The van der Waals surface area contributed by atoms with Gasteiger partial charge in [0.05, 0.1) is 0 Å². The SMILES string of the molecule is CC(=O)N(CCc1noc(CC(C)C)n1)C1CCCN(C2CCC2)C1. The lowest BCUT2D eigenvalue weighted by Gasteiger charge is -2.45. The van der Waals surface area contributed by atoms with Crippen molar-refractivity contribution in [2.45, 2.75) is 77.8 Å². The molecule has 6 heteroatoms. The van der Waals surface area contributed by atoms with Crippen molar-refractivity contribution in [2.24, 2.45) is 5.92 Å². The Bertz CT molecular complexity index is 568. The lowest BCUT2D eigenvalue weighted by Crippen LogP contribution is -2.54. The maximum absolute atomic E-state index is 12.2. The van der Waals surface area contributed by atoms with Crippen molar-refractivity contribution in [3.63, 3.8) is 0 Å². The first-order valence-corrected chi connectivity index (χ1v) is 9.85. The molecule has 2 fully saturated rings. The number of amides is 1. The van der Waals surface area contributed by atoms with Crippen LogP contribution in [0.15, 0.2) is 4.52 Å². The molecule has 1 aliphatic carbocycles. The highest BCUT2D eigenvalue weighted by molar-refractivity contribution is 5.73. The first kappa shape index (κ1) is 18.4. The molecule has 0 aromatic carbocycles. The van der Waals surface area contributed by atoms with Gasteiger partial charge in [-0.15, -0.1) is 0 Å². The molecule has 0 radical (unpaired) electrons.